The minimum atomic E-state index is -2.14. The Kier molecular flexibility index (Phi) is 6.17. The number of nitrogens with one attached hydrogen (secondary N) is 1. The summed E-state index contributed by atoms with van der Waals surface area (Å²) in [6, 6.07) is -0.813. The normalized spacial score (nSPS) is 25.7. The molecular weight excluding hydrogens is 398 g/mol. The van der Waals surface area contributed by atoms with Crippen LogP contribution in [0.15, 0.2) is 0 Å². The van der Waals surface area contributed by atoms with E-state index < -0.39 is 65.7 Å². The van der Waals surface area contributed by atoms with E-state index in [1.165, 1.54) is 6.92 Å². The summed E-state index contributed by atoms with van der Waals surface area (Å²) < 4.78 is 8.93. The molecule has 154 valence electrons. The molecule has 28 heavy (non-hydrogen) atoms. The average Bonchev–Trinajstić information content (AvgIpc) is 2.65. The number of amides is 4. The highest BCUT2D eigenvalue weighted by Gasteiger charge is 2.61. The van der Waals surface area contributed by atoms with Crippen LogP contribution in [0.4, 0.5) is 4.79 Å². The highest BCUT2D eigenvalue weighted by molar-refractivity contribution is 8.00. The number of carboxylic acids is 1. The molecule has 2 aliphatic heterocycles. The van der Waals surface area contributed by atoms with Crippen LogP contribution >= 0.6 is 11.8 Å². The number of β-lactam (4-membered cyclic amide) rings is 1. The van der Waals surface area contributed by atoms with Crippen molar-refractivity contribution in [3.8, 4) is 0 Å². The van der Waals surface area contributed by atoms with Crippen molar-refractivity contribution in [2.24, 2.45) is 0 Å². The molecule has 0 spiro atoms. The largest absolute Gasteiger partial charge is 0.479 e. The average molecular weight is 417 g/mol. The number of methoxy groups -OCH3 is 2. The van der Waals surface area contributed by atoms with Gasteiger partial charge in [-0.25, -0.2) is 14.5 Å². The molecular formula is C15H19N3O9S. The number of thioether (sulfide) groups is 1. The van der Waals surface area contributed by atoms with Gasteiger partial charge in [0.05, 0.1) is 20.8 Å². The van der Waals surface area contributed by atoms with Crippen LogP contribution in [0.25, 0.3) is 0 Å². The standard InChI is InChI=1S/C15H19N3O9S/c1-7(19)16-10-11(22)17-5-15(13(23)24,6-28-12(10)17)18(14(25)27-3)8(20)4-9(21)26-2/h10,12H,4-6H2,1-3H3,(H,16,19)(H,23,24)/t10?,12-,15?/m1/s1. The molecule has 12 nitrogen and oxygen atoms in total. The number of hydrogen-bond acceptors (Lipinski definition) is 9. The van der Waals surface area contributed by atoms with E-state index in [0.717, 1.165) is 30.9 Å². The van der Waals surface area contributed by atoms with Crippen molar-refractivity contribution in [3.63, 3.8) is 0 Å². The Morgan fingerprint density at radius 2 is 1.93 bits per heavy atom. The molecule has 0 aromatic carbocycles. The van der Waals surface area contributed by atoms with Crippen LogP contribution in [0.3, 0.4) is 0 Å². The van der Waals surface area contributed by atoms with E-state index in [0.29, 0.717) is 4.90 Å². The third-order valence-electron chi connectivity index (χ3n) is 4.38. The van der Waals surface area contributed by atoms with Crippen molar-refractivity contribution < 1.29 is 43.3 Å². The summed E-state index contributed by atoms with van der Waals surface area (Å²) in [5.74, 6) is -4.87. The zero-order valence-corrected chi connectivity index (χ0v) is 16.1. The summed E-state index contributed by atoms with van der Waals surface area (Å²) in [6.07, 6.45) is -2.15. The van der Waals surface area contributed by atoms with Gasteiger partial charge >= 0.3 is 18.0 Å². The van der Waals surface area contributed by atoms with Gasteiger partial charge in [-0.3, -0.25) is 19.2 Å². The van der Waals surface area contributed by atoms with E-state index in [4.69, 9.17) is 0 Å². The van der Waals surface area contributed by atoms with Crippen molar-refractivity contribution in [2.45, 2.75) is 30.3 Å². The first-order valence-electron chi connectivity index (χ1n) is 7.99. The molecule has 2 N–H and O–H groups in total. The zero-order valence-electron chi connectivity index (χ0n) is 15.3. The van der Waals surface area contributed by atoms with E-state index in [-0.39, 0.29) is 5.75 Å². The summed E-state index contributed by atoms with van der Waals surface area (Å²) in [4.78, 5) is 73.3. The molecule has 13 heteroatoms. The predicted octanol–water partition coefficient (Wildman–Crippen LogP) is -1.61. The summed E-state index contributed by atoms with van der Waals surface area (Å²) >= 11 is 0.992. The zero-order chi connectivity index (χ0) is 21.2. The van der Waals surface area contributed by atoms with E-state index in [1.54, 1.807) is 0 Å². The second kappa shape index (κ2) is 8.04. The lowest BCUT2D eigenvalue weighted by Crippen LogP contribution is -2.78. The maximum atomic E-state index is 12.5. The monoisotopic (exact) mass is 417 g/mol. The predicted molar refractivity (Wildman–Crippen MR) is 91.8 cm³/mol. The molecule has 0 bridgehead atoms. The van der Waals surface area contributed by atoms with Crippen LogP contribution in [0.5, 0.6) is 0 Å². The minimum Gasteiger partial charge on any atom is -0.479 e. The first-order valence-corrected chi connectivity index (χ1v) is 9.04. The maximum Gasteiger partial charge on any atom is 0.417 e. The van der Waals surface area contributed by atoms with Gasteiger partial charge in [0, 0.05) is 12.7 Å². The number of ether oxygens (including phenoxy) is 2. The topological polar surface area (TPSA) is 160 Å². The fourth-order valence-corrected chi connectivity index (χ4v) is 4.55. The smallest absolute Gasteiger partial charge is 0.417 e. The minimum absolute atomic E-state index is 0.269. The fraction of sp³-hybridized carbons (Fsp3) is 0.600. The molecule has 0 saturated carbocycles. The van der Waals surface area contributed by atoms with Gasteiger partial charge in [0.2, 0.25) is 17.7 Å². The van der Waals surface area contributed by atoms with Crippen molar-refractivity contribution in [3.05, 3.63) is 0 Å². The van der Waals surface area contributed by atoms with Crippen molar-refractivity contribution in [2.75, 3.05) is 26.5 Å². The van der Waals surface area contributed by atoms with Crippen LogP contribution in [0.2, 0.25) is 0 Å². The summed E-state index contributed by atoms with van der Waals surface area (Å²) in [6.45, 7) is 0.742. The first-order chi connectivity index (χ1) is 13.1. The lowest BCUT2D eigenvalue weighted by atomic mass is 9.94. The number of rotatable bonds is 5. The third-order valence-corrected chi connectivity index (χ3v) is 5.89. The van der Waals surface area contributed by atoms with Gasteiger partial charge in [-0.1, -0.05) is 0 Å². The second-order valence-corrected chi connectivity index (χ2v) is 7.24. The van der Waals surface area contributed by atoms with Crippen molar-refractivity contribution in [1.82, 2.24) is 15.1 Å². The van der Waals surface area contributed by atoms with Gasteiger partial charge in [0.1, 0.15) is 17.8 Å². The van der Waals surface area contributed by atoms with Gasteiger partial charge in [-0.05, 0) is 0 Å². The van der Waals surface area contributed by atoms with Gasteiger partial charge in [-0.2, -0.15) is 0 Å². The molecule has 2 fully saturated rings. The Bertz CT molecular complexity index is 742. The van der Waals surface area contributed by atoms with Gasteiger partial charge in [0.25, 0.3) is 0 Å². The quantitative estimate of drug-likeness (QED) is 0.302. The van der Waals surface area contributed by atoms with Crippen LogP contribution in [-0.4, -0.2) is 94.1 Å². The van der Waals surface area contributed by atoms with Crippen LogP contribution in [-0.2, 0) is 33.4 Å². The molecule has 0 aliphatic carbocycles. The van der Waals surface area contributed by atoms with Crippen LogP contribution < -0.4 is 5.32 Å². The molecule has 0 aromatic heterocycles. The van der Waals surface area contributed by atoms with E-state index >= 15 is 0 Å². The number of hydrogen-bond donors (Lipinski definition) is 2. The van der Waals surface area contributed by atoms with Gasteiger partial charge < -0.3 is 24.8 Å². The molecule has 0 radical (unpaired) electrons. The SMILES string of the molecule is COC(=O)CC(=O)N(C(=O)OC)C1(C(=O)O)CS[C@@H]2C(NC(C)=O)C(=O)N2C1. The molecule has 2 heterocycles. The van der Waals surface area contributed by atoms with Crippen LogP contribution in [0, 0.1) is 0 Å². The van der Waals surface area contributed by atoms with Crippen molar-refractivity contribution >= 4 is 47.5 Å². The number of nitrogens with zero attached hydrogens (tertiary/aromatic N) is 2. The Morgan fingerprint density at radius 1 is 1.29 bits per heavy atom. The van der Waals surface area contributed by atoms with E-state index in [9.17, 15) is 33.9 Å². The summed E-state index contributed by atoms with van der Waals surface area (Å²) in [5.41, 5.74) is -2.14. The molecule has 2 aliphatic rings. The van der Waals surface area contributed by atoms with Gasteiger partial charge in [0.15, 0.2) is 5.54 Å². The first kappa shape index (κ1) is 21.5. The third kappa shape index (κ3) is 3.61. The molecule has 2 rings (SSSR count). The Labute approximate surface area is 163 Å². The Morgan fingerprint density at radius 3 is 2.43 bits per heavy atom. The summed E-state index contributed by atoms with van der Waals surface area (Å²) in [5, 5.41) is 11.8. The van der Waals surface area contributed by atoms with Crippen molar-refractivity contribution in [1.29, 1.82) is 0 Å². The number of aliphatic carboxylic acids is 1. The van der Waals surface area contributed by atoms with E-state index in [2.05, 4.69) is 14.8 Å². The molecule has 4 amide bonds. The molecule has 0 aromatic rings. The number of esters is 1. The van der Waals surface area contributed by atoms with E-state index in [1.807, 2.05) is 0 Å². The van der Waals surface area contributed by atoms with Gasteiger partial charge in [-0.15, -0.1) is 11.8 Å². The maximum absolute atomic E-state index is 12.5. The lowest BCUT2D eigenvalue weighted by molar-refractivity contribution is -0.165. The molecule has 3 atom stereocenters. The highest BCUT2D eigenvalue weighted by atomic mass is 32.2. The number of imide groups is 1. The number of carboxylic acid groups (broad SMARTS) is 1. The highest BCUT2D eigenvalue weighted by Crippen LogP contribution is 2.41. The Hall–Kier alpha value is -2.83. The second-order valence-electron chi connectivity index (χ2n) is 6.13. The number of carbonyl (C=O) groups excluding carboxylic acids is 5. The number of carbonyl (C=O) groups is 6. The molecule has 2 saturated heterocycles. The summed E-state index contributed by atoms with van der Waals surface area (Å²) in [7, 11) is 1.99. The number of fused-ring (bicyclic) bond motifs is 1. The lowest BCUT2D eigenvalue weighted by Gasteiger charge is -2.55. The van der Waals surface area contributed by atoms with Crippen LogP contribution in [0.1, 0.15) is 13.3 Å². The fourth-order valence-electron chi connectivity index (χ4n) is 3.02. The Balaban J connectivity index is 2.34. The molecule has 2 unspecified atom stereocenters.